The van der Waals surface area contributed by atoms with Crippen LogP contribution in [0.3, 0.4) is 0 Å². The molecule has 76 valence electrons. The third-order valence-electron chi connectivity index (χ3n) is 2.18. The molecule has 13 heavy (non-hydrogen) atoms. The highest BCUT2D eigenvalue weighted by atomic mass is 19.3. The van der Waals surface area contributed by atoms with E-state index in [2.05, 4.69) is 0 Å². The van der Waals surface area contributed by atoms with Crippen molar-refractivity contribution in [1.29, 1.82) is 0 Å². The zero-order chi connectivity index (χ0) is 10.1. The van der Waals surface area contributed by atoms with E-state index in [-0.39, 0.29) is 5.57 Å². The minimum Gasteiger partial charge on any atom is -0.319 e. The summed E-state index contributed by atoms with van der Waals surface area (Å²) < 4.78 is 49.1. The topological polar surface area (TPSA) is 26.0 Å². The van der Waals surface area contributed by atoms with Gasteiger partial charge in [0.1, 0.15) is 0 Å². The van der Waals surface area contributed by atoms with E-state index in [1.807, 2.05) is 0 Å². The lowest BCUT2D eigenvalue weighted by atomic mass is 10.0. The average Bonchev–Trinajstić information content (AvgIpc) is 2.54. The van der Waals surface area contributed by atoms with Gasteiger partial charge in [-0.1, -0.05) is 11.6 Å². The molecule has 0 saturated carbocycles. The summed E-state index contributed by atoms with van der Waals surface area (Å²) in [5.41, 5.74) is 5.31. The maximum atomic E-state index is 12.7. The van der Waals surface area contributed by atoms with Crippen molar-refractivity contribution in [3.8, 4) is 0 Å². The summed E-state index contributed by atoms with van der Waals surface area (Å²) in [6.07, 6.45) is -0.376. The molecule has 0 aromatic carbocycles. The highest BCUT2D eigenvalue weighted by molar-refractivity contribution is 5.18. The molecule has 1 unspecified atom stereocenters. The smallest absolute Gasteiger partial charge is 0.319 e. The van der Waals surface area contributed by atoms with Crippen LogP contribution in [0.4, 0.5) is 17.6 Å². The number of alkyl halides is 4. The van der Waals surface area contributed by atoms with Gasteiger partial charge in [0, 0.05) is 0 Å². The van der Waals surface area contributed by atoms with Gasteiger partial charge in [-0.2, -0.15) is 8.78 Å². The number of nitrogens with two attached hydrogens (primary N) is 1. The van der Waals surface area contributed by atoms with Gasteiger partial charge in [-0.3, -0.25) is 0 Å². The van der Waals surface area contributed by atoms with Crippen LogP contribution in [-0.2, 0) is 0 Å². The molecule has 0 saturated heterocycles. The Bertz CT molecular complexity index is 212. The van der Waals surface area contributed by atoms with E-state index >= 15 is 0 Å². The van der Waals surface area contributed by atoms with E-state index in [4.69, 9.17) is 5.73 Å². The molecule has 0 aliphatic heterocycles. The summed E-state index contributed by atoms with van der Waals surface area (Å²) in [6, 6.07) is -1.82. The molecule has 0 bridgehead atoms. The van der Waals surface area contributed by atoms with Crippen LogP contribution in [0.2, 0.25) is 0 Å². The van der Waals surface area contributed by atoms with E-state index in [9.17, 15) is 17.6 Å². The highest BCUT2D eigenvalue weighted by Crippen LogP contribution is 2.33. The fourth-order valence-electron chi connectivity index (χ4n) is 1.36. The first-order valence-electron chi connectivity index (χ1n) is 4.06. The Morgan fingerprint density at radius 3 is 2.38 bits per heavy atom. The van der Waals surface area contributed by atoms with Gasteiger partial charge in [0.15, 0.2) is 0 Å². The van der Waals surface area contributed by atoms with Gasteiger partial charge < -0.3 is 5.73 Å². The van der Waals surface area contributed by atoms with Gasteiger partial charge in [0.05, 0.1) is 6.04 Å². The van der Waals surface area contributed by atoms with E-state index in [1.165, 1.54) is 6.08 Å². The lowest BCUT2D eigenvalue weighted by Crippen LogP contribution is -2.47. The second-order valence-electron chi connectivity index (χ2n) is 3.12. The average molecular weight is 197 g/mol. The normalized spacial score (nSPS) is 20.6. The van der Waals surface area contributed by atoms with Crippen LogP contribution in [0.15, 0.2) is 11.6 Å². The largest absolute Gasteiger partial charge is 0.325 e. The first kappa shape index (κ1) is 10.5. The summed E-state index contributed by atoms with van der Waals surface area (Å²) in [4.78, 5) is 0. The van der Waals surface area contributed by atoms with Crippen LogP contribution in [0, 0.1) is 0 Å². The lowest BCUT2D eigenvalue weighted by molar-refractivity contribution is -0.136. The summed E-state index contributed by atoms with van der Waals surface area (Å²) in [7, 11) is 0. The van der Waals surface area contributed by atoms with Crippen molar-refractivity contribution in [2.75, 3.05) is 0 Å². The monoisotopic (exact) mass is 197 g/mol. The van der Waals surface area contributed by atoms with Crippen molar-refractivity contribution < 1.29 is 17.6 Å². The van der Waals surface area contributed by atoms with Crippen LogP contribution < -0.4 is 5.73 Å². The van der Waals surface area contributed by atoms with Crippen LogP contribution in [-0.4, -0.2) is 18.4 Å². The summed E-state index contributed by atoms with van der Waals surface area (Å²) in [5.74, 6) is -4.10. The van der Waals surface area contributed by atoms with Crippen molar-refractivity contribution in [3.05, 3.63) is 11.6 Å². The molecule has 1 rings (SSSR count). The second-order valence-corrected chi connectivity index (χ2v) is 3.12. The highest BCUT2D eigenvalue weighted by Gasteiger charge is 2.48. The zero-order valence-corrected chi connectivity index (χ0v) is 6.94. The summed E-state index contributed by atoms with van der Waals surface area (Å²) in [6.45, 7) is 0. The Labute approximate surface area is 73.6 Å². The van der Waals surface area contributed by atoms with Gasteiger partial charge in [-0.15, -0.1) is 0 Å². The van der Waals surface area contributed by atoms with E-state index in [0.717, 1.165) is 6.42 Å². The van der Waals surface area contributed by atoms with Crippen molar-refractivity contribution in [2.45, 2.75) is 37.7 Å². The van der Waals surface area contributed by atoms with Gasteiger partial charge >= 0.3 is 12.3 Å². The van der Waals surface area contributed by atoms with Crippen molar-refractivity contribution >= 4 is 0 Å². The Hall–Kier alpha value is -0.580. The van der Waals surface area contributed by atoms with E-state index < -0.39 is 18.4 Å². The van der Waals surface area contributed by atoms with Crippen molar-refractivity contribution in [1.82, 2.24) is 0 Å². The van der Waals surface area contributed by atoms with Gasteiger partial charge in [0.2, 0.25) is 0 Å². The Morgan fingerprint density at radius 2 is 2.00 bits per heavy atom. The molecule has 1 nitrogen and oxygen atoms in total. The maximum absolute atomic E-state index is 12.7. The SMILES string of the molecule is NC(C1=CCCC1)C(F)(F)C(F)F. The molecular weight excluding hydrogens is 186 g/mol. The summed E-state index contributed by atoms with van der Waals surface area (Å²) >= 11 is 0. The maximum Gasteiger partial charge on any atom is 0.325 e. The molecule has 0 heterocycles. The minimum atomic E-state index is -4.10. The molecule has 1 aliphatic rings. The van der Waals surface area contributed by atoms with Gasteiger partial charge in [-0.05, 0) is 19.3 Å². The van der Waals surface area contributed by atoms with Gasteiger partial charge in [-0.25, -0.2) is 8.78 Å². The molecular formula is C8H11F4N. The molecule has 5 heteroatoms. The van der Waals surface area contributed by atoms with E-state index in [1.54, 1.807) is 0 Å². The molecule has 0 aromatic heterocycles. The standard InChI is InChI=1S/C8H11F4N/c9-7(10)8(11,12)6(13)5-3-1-2-4-5/h3,6-7H,1-2,4,13H2. The zero-order valence-electron chi connectivity index (χ0n) is 6.94. The van der Waals surface area contributed by atoms with Crippen molar-refractivity contribution in [2.24, 2.45) is 5.73 Å². The minimum absolute atomic E-state index is 0.255. The fourth-order valence-corrected chi connectivity index (χ4v) is 1.36. The third-order valence-corrected chi connectivity index (χ3v) is 2.18. The van der Waals surface area contributed by atoms with Crippen molar-refractivity contribution in [3.63, 3.8) is 0 Å². The van der Waals surface area contributed by atoms with Crippen LogP contribution >= 0.6 is 0 Å². The molecule has 1 aliphatic carbocycles. The van der Waals surface area contributed by atoms with E-state index in [0.29, 0.717) is 12.8 Å². The molecule has 2 N–H and O–H groups in total. The first-order valence-corrected chi connectivity index (χ1v) is 4.06. The Balaban J connectivity index is 2.70. The first-order chi connectivity index (χ1) is 5.96. The molecule has 0 spiro atoms. The Morgan fingerprint density at radius 1 is 1.38 bits per heavy atom. The second kappa shape index (κ2) is 3.65. The Kier molecular flexibility index (Phi) is 2.95. The predicted molar refractivity (Wildman–Crippen MR) is 40.9 cm³/mol. The number of rotatable bonds is 3. The molecule has 0 radical (unpaired) electrons. The fraction of sp³-hybridized carbons (Fsp3) is 0.750. The lowest BCUT2D eigenvalue weighted by Gasteiger charge is -2.23. The molecule has 0 fully saturated rings. The molecule has 0 aromatic rings. The number of allylic oxidation sites excluding steroid dienone is 1. The number of hydrogen-bond acceptors (Lipinski definition) is 1. The molecule has 1 atom stereocenters. The summed E-state index contributed by atoms with van der Waals surface area (Å²) in [5, 5.41) is 0. The predicted octanol–water partition coefficient (Wildman–Crippen LogP) is 2.32. The van der Waals surface area contributed by atoms with Gasteiger partial charge in [0.25, 0.3) is 0 Å². The number of hydrogen-bond donors (Lipinski definition) is 1. The van der Waals surface area contributed by atoms with Crippen LogP contribution in [0.1, 0.15) is 19.3 Å². The van der Waals surface area contributed by atoms with Crippen LogP contribution in [0.5, 0.6) is 0 Å². The number of halogens is 4. The molecule has 0 amide bonds. The van der Waals surface area contributed by atoms with Crippen LogP contribution in [0.25, 0.3) is 0 Å². The quantitative estimate of drug-likeness (QED) is 0.545. The third kappa shape index (κ3) is 2.02.